The van der Waals surface area contributed by atoms with Gasteiger partial charge in [0.05, 0.1) is 16.1 Å². The molecule has 0 bridgehead atoms. The van der Waals surface area contributed by atoms with E-state index >= 15 is 0 Å². The molecule has 0 aliphatic rings. The number of hydrogen-bond acceptors (Lipinski definition) is 3. The van der Waals surface area contributed by atoms with Crippen LogP contribution in [0, 0.1) is 0 Å². The van der Waals surface area contributed by atoms with Crippen LogP contribution in [-0.4, -0.2) is 6.61 Å². The highest BCUT2D eigenvalue weighted by molar-refractivity contribution is 9.10. The van der Waals surface area contributed by atoms with Gasteiger partial charge in [-0.25, -0.2) is 5.43 Å². The van der Waals surface area contributed by atoms with Crippen LogP contribution in [0.1, 0.15) is 12.5 Å². The summed E-state index contributed by atoms with van der Waals surface area (Å²) in [7, 11) is 0. The molecule has 20 heavy (non-hydrogen) atoms. The lowest BCUT2D eigenvalue weighted by Crippen LogP contribution is -2.20. The molecule has 0 radical (unpaired) electrons. The normalized spacial score (nSPS) is 10.3. The largest absolute Gasteiger partial charge is 0.491 e. The van der Waals surface area contributed by atoms with Crippen molar-refractivity contribution in [1.82, 2.24) is 5.43 Å². The van der Waals surface area contributed by atoms with Gasteiger partial charge in [-0.2, -0.15) is 0 Å². The highest BCUT2D eigenvalue weighted by Crippen LogP contribution is 2.34. The molecule has 0 atom stereocenters. The molecule has 0 amide bonds. The quantitative estimate of drug-likeness (QED) is 0.742. The van der Waals surface area contributed by atoms with Crippen LogP contribution >= 0.6 is 27.5 Å². The van der Waals surface area contributed by atoms with Crippen LogP contribution in [0.4, 0.5) is 5.69 Å². The van der Waals surface area contributed by atoms with E-state index in [4.69, 9.17) is 16.3 Å². The molecule has 0 unspecified atom stereocenters. The first-order valence-electron chi connectivity index (χ1n) is 6.35. The second kappa shape index (κ2) is 7.53. The molecule has 0 fully saturated rings. The Morgan fingerprint density at radius 1 is 1.20 bits per heavy atom. The molecule has 0 aliphatic carbocycles. The summed E-state index contributed by atoms with van der Waals surface area (Å²) < 4.78 is 6.35. The first-order chi connectivity index (χ1) is 9.70. The Morgan fingerprint density at radius 3 is 2.60 bits per heavy atom. The lowest BCUT2D eigenvalue weighted by Gasteiger charge is -2.12. The van der Waals surface area contributed by atoms with Crippen molar-refractivity contribution in [2.75, 3.05) is 12.0 Å². The van der Waals surface area contributed by atoms with Gasteiger partial charge in [0, 0.05) is 12.2 Å². The number of halogens is 2. The molecule has 2 aromatic rings. The summed E-state index contributed by atoms with van der Waals surface area (Å²) in [5, 5.41) is 0.609. The topological polar surface area (TPSA) is 33.3 Å². The molecule has 2 aromatic carbocycles. The van der Waals surface area contributed by atoms with Gasteiger partial charge in [0.2, 0.25) is 0 Å². The number of rotatable bonds is 6. The molecule has 0 heterocycles. The van der Waals surface area contributed by atoms with Gasteiger partial charge in [0.15, 0.2) is 5.75 Å². The van der Waals surface area contributed by atoms with E-state index < -0.39 is 0 Å². The SMILES string of the molecule is CCOc1c(Cl)cc(CNNc2ccccc2)cc1Br. The predicted octanol–water partition coefficient (Wildman–Crippen LogP) is 4.62. The molecule has 0 saturated carbocycles. The van der Waals surface area contributed by atoms with Crippen molar-refractivity contribution >= 4 is 33.2 Å². The Kier molecular flexibility index (Phi) is 5.71. The maximum absolute atomic E-state index is 6.21. The number of nitrogens with one attached hydrogen (secondary N) is 2. The van der Waals surface area contributed by atoms with Crippen molar-refractivity contribution in [2.45, 2.75) is 13.5 Å². The Morgan fingerprint density at radius 2 is 1.95 bits per heavy atom. The van der Waals surface area contributed by atoms with E-state index in [1.165, 1.54) is 0 Å². The third kappa shape index (κ3) is 4.13. The van der Waals surface area contributed by atoms with Gasteiger partial charge in [-0.15, -0.1) is 0 Å². The fourth-order valence-electron chi connectivity index (χ4n) is 1.77. The summed E-state index contributed by atoms with van der Waals surface area (Å²) in [4.78, 5) is 0. The molecule has 3 nitrogen and oxygen atoms in total. The van der Waals surface area contributed by atoms with Crippen molar-refractivity contribution in [3.05, 3.63) is 57.5 Å². The molecule has 0 saturated heterocycles. The van der Waals surface area contributed by atoms with Crippen molar-refractivity contribution in [2.24, 2.45) is 0 Å². The predicted molar refractivity (Wildman–Crippen MR) is 87.2 cm³/mol. The molecule has 2 rings (SSSR count). The Balaban J connectivity index is 1.96. The van der Waals surface area contributed by atoms with Gasteiger partial charge in [-0.3, -0.25) is 0 Å². The van der Waals surface area contributed by atoms with E-state index in [2.05, 4.69) is 26.8 Å². The summed E-state index contributed by atoms with van der Waals surface area (Å²) in [5.41, 5.74) is 8.37. The zero-order chi connectivity index (χ0) is 14.4. The van der Waals surface area contributed by atoms with E-state index in [0.717, 1.165) is 15.7 Å². The summed E-state index contributed by atoms with van der Waals surface area (Å²) in [6.45, 7) is 3.17. The van der Waals surface area contributed by atoms with Crippen molar-refractivity contribution < 1.29 is 4.74 Å². The molecular formula is C15H16BrClN2O. The third-order valence-electron chi connectivity index (χ3n) is 2.65. The molecule has 0 aromatic heterocycles. The maximum atomic E-state index is 6.21. The van der Waals surface area contributed by atoms with Crippen LogP contribution in [0.2, 0.25) is 5.02 Å². The summed E-state index contributed by atoms with van der Waals surface area (Å²) in [5.74, 6) is 0.689. The minimum Gasteiger partial charge on any atom is -0.491 e. The molecule has 0 spiro atoms. The minimum atomic E-state index is 0.589. The van der Waals surface area contributed by atoms with Crippen LogP contribution in [-0.2, 0) is 6.54 Å². The smallest absolute Gasteiger partial charge is 0.152 e. The molecule has 2 N–H and O–H groups in total. The molecule has 106 valence electrons. The Bertz CT molecular complexity index is 540. The highest BCUT2D eigenvalue weighted by Gasteiger charge is 2.08. The summed E-state index contributed by atoms with van der Waals surface area (Å²) >= 11 is 9.68. The van der Waals surface area contributed by atoms with Gasteiger partial charge in [-0.05, 0) is 52.7 Å². The number of benzene rings is 2. The van der Waals surface area contributed by atoms with Crippen LogP contribution < -0.4 is 15.6 Å². The van der Waals surface area contributed by atoms with E-state index in [1.807, 2.05) is 49.4 Å². The number of hydrazine groups is 1. The van der Waals surface area contributed by atoms with E-state index in [1.54, 1.807) is 0 Å². The van der Waals surface area contributed by atoms with Crippen molar-refractivity contribution in [3.63, 3.8) is 0 Å². The lowest BCUT2D eigenvalue weighted by molar-refractivity contribution is 0.338. The number of hydrogen-bond donors (Lipinski definition) is 2. The lowest BCUT2D eigenvalue weighted by atomic mass is 10.2. The second-order valence-electron chi connectivity index (χ2n) is 4.17. The molecule has 0 aliphatic heterocycles. The van der Waals surface area contributed by atoms with E-state index in [-0.39, 0.29) is 0 Å². The minimum absolute atomic E-state index is 0.589. The van der Waals surface area contributed by atoms with Crippen LogP contribution in [0.3, 0.4) is 0 Å². The zero-order valence-electron chi connectivity index (χ0n) is 11.1. The number of para-hydroxylation sites is 1. The number of anilines is 1. The van der Waals surface area contributed by atoms with E-state index in [0.29, 0.717) is 23.9 Å². The Hall–Kier alpha value is -1.23. The van der Waals surface area contributed by atoms with E-state index in [9.17, 15) is 0 Å². The van der Waals surface area contributed by atoms with Crippen LogP contribution in [0.25, 0.3) is 0 Å². The second-order valence-corrected chi connectivity index (χ2v) is 5.43. The monoisotopic (exact) mass is 354 g/mol. The standard InChI is InChI=1S/C15H16BrClN2O/c1-2-20-15-13(16)8-11(9-14(15)17)10-18-19-12-6-4-3-5-7-12/h3-9,18-19H,2,10H2,1H3. The van der Waals surface area contributed by atoms with Crippen LogP contribution in [0.15, 0.2) is 46.9 Å². The van der Waals surface area contributed by atoms with Gasteiger partial charge in [-0.1, -0.05) is 29.8 Å². The Labute approximate surface area is 132 Å². The van der Waals surface area contributed by atoms with Crippen LogP contribution in [0.5, 0.6) is 5.75 Å². The van der Waals surface area contributed by atoms with Crippen molar-refractivity contribution in [3.8, 4) is 5.75 Å². The maximum Gasteiger partial charge on any atom is 0.152 e. The average Bonchev–Trinajstić information content (AvgIpc) is 2.44. The van der Waals surface area contributed by atoms with Gasteiger partial charge in [0.1, 0.15) is 0 Å². The first-order valence-corrected chi connectivity index (χ1v) is 7.52. The summed E-state index contributed by atoms with van der Waals surface area (Å²) in [6.07, 6.45) is 0. The molecule has 5 heteroatoms. The molecular weight excluding hydrogens is 340 g/mol. The van der Waals surface area contributed by atoms with Gasteiger partial charge >= 0.3 is 0 Å². The number of ether oxygens (including phenoxy) is 1. The first kappa shape index (κ1) is 15.2. The zero-order valence-corrected chi connectivity index (χ0v) is 13.5. The van der Waals surface area contributed by atoms with Crippen molar-refractivity contribution in [1.29, 1.82) is 0 Å². The fraction of sp³-hybridized carbons (Fsp3) is 0.200. The van der Waals surface area contributed by atoms with Gasteiger partial charge in [0.25, 0.3) is 0 Å². The third-order valence-corrected chi connectivity index (χ3v) is 3.52. The highest BCUT2D eigenvalue weighted by atomic mass is 79.9. The van der Waals surface area contributed by atoms with Gasteiger partial charge < -0.3 is 10.2 Å². The fourth-order valence-corrected chi connectivity index (χ4v) is 2.80. The average molecular weight is 356 g/mol. The summed E-state index contributed by atoms with van der Waals surface area (Å²) in [6, 6.07) is 13.8.